The van der Waals surface area contributed by atoms with Gasteiger partial charge >= 0.3 is 0 Å². The number of carbonyl (C=O) groups is 2. The molecular formula is C25H23ClN4O2. The Morgan fingerprint density at radius 3 is 2.47 bits per heavy atom. The van der Waals surface area contributed by atoms with E-state index in [-0.39, 0.29) is 11.8 Å². The van der Waals surface area contributed by atoms with Gasteiger partial charge in [-0.15, -0.1) is 0 Å². The molecule has 6 nitrogen and oxygen atoms in total. The summed E-state index contributed by atoms with van der Waals surface area (Å²) in [5, 5.41) is 6.93. The van der Waals surface area contributed by atoms with Crippen molar-refractivity contribution in [2.45, 2.75) is 6.92 Å². The molecule has 0 saturated carbocycles. The quantitative estimate of drug-likeness (QED) is 0.586. The average Bonchev–Trinajstić information content (AvgIpc) is 2.95. The molecule has 1 fully saturated rings. The van der Waals surface area contributed by atoms with Gasteiger partial charge in [0.25, 0.3) is 11.8 Å². The number of hydrogen-bond acceptors (Lipinski definition) is 4. The number of anilines is 4. The van der Waals surface area contributed by atoms with Gasteiger partial charge in [-0.1, -0.05) is 29.8 Å². The summed E-state index contributed by atoms with van der Waals surface area (Å²) in [6.45, 7) is 4.80. The maximum Gasteiger partial charge on any atom is 0.257 e. The molecule has 2 N–H and O–H groups in total. The molecule has 3 aromatic carbocycles. The Morgan fingerprint density at radius 2 is 1.66 bits per heavy atom. The summed E-state index contributed by atoms with van der Waals surface area (Å²) in [6.07, 6.45) is 0. The maximum atomic E-state index is 13.2. The van der Waals surface area contributed by atoms with Gasteiger partial charge in [0.05, 0.1) is 22.6 Å². The second-order valence-corrected chi connectivity index (χ2v) is 8.53. The Labute approximate surface area is 191 Å². The largest absolute Gasteiger partial charge is 0.368 e. The number of hydrogen-bond donors (Lipinski definition) is 2. The topological polar surface area (TPSA) is 64.7 Å². The molecule has 2 amide bonds. The van der Waals surface area contributed by atoms with Crippen LogP contribution < -0.4 is 15.5 Å². The molecule has 162 valence electrons. The molecule has 0 bridgehead atoms. The second kappa shape index (κ2) is 8.20. The molecule has 3 aromatic rings. The Kier molecular flexibility index (Phi) is 5.23. The van der Waals surface area contributed by atoms with E-state index in [9.17, 15) is 9.59 Å². The lowest BCUT2D eigenvalue weighted by Crippen LogP contribution is -2.49. The van der Waals surface area contributed by atoms with E-state index in [1.807, 2.05) is 53.4 Å². The highest BCUT2D eigenvalue weighted by Gasteiger charge is 2.25. The van der Waals surface area contributed by atoms with E-state index in [0.717, 1.165) is 30.2 Å². The zero-order chi connectivity index (χ0) is 22.2. The van der Waals surface area contributed by atoms with Crippen LogP contribution in [0.1, 0.15) is 26.3 Å². The van der Waals surface area contributed by atoms with Gasteiger partial charge < -0.3 is 20.4 Å². The number of nitrogens with zero attached hydrogens (tertiary/aromatic N) is 2. The molecule has 0 radical (unpaired) electrons. The van der Waals surface area contributed by atoms with Crippen molar-refractivity contribution in [3.05, 3.63) is 82.4 Å². The van der Waals surface area contributed by atoms with Gasteiger partial charge in [0.1, 0.15) is 0 Å². The predicted octanol–water partition coefficient (Wildman–Crippen LogP) is 4.92. The average molecular weight is 447 g/mol. The van der Waals surface area contributed by atoms with E-state index in [1.165, 1.54) is 5.56 Å². The SMILES string of the molecule is Cc1ccc(Cl)cc1N1CCN(C(=O)c2ccc3c(c2)NC(=O)c2ccccc2N3)CC1. The third kappa shape index (κ3) is 3.78. The van der Waals surface area contributed by atoms with Crippen LogP contribution in [0.4, 0.5) is 22.7 Å². The van der Waals surface area contributed by atoms with Crippen molar-refractivity contribution in [3.8, 4) is 0 Å². The lowest BCUT2D eigenvalue weighted by atomic mass is 10.1. The van der Waals surface area contributed by atoms with Crippen molar-refractivity contribution < 1.29 is 9.59 Å². The second-order valence-electron chi connectivity index (χ2n) is 8.10. The molecular weight excluding hydrogens is 424 g/mol. The first-order valence-corrected chi connectivity index (χ1v) is 11.0. The molecule has 0 aliphatic carbocycles. The van der Waals surface area contributed by atoms with Gasteiger partial charge in [-0.05, 0) is 55.0 Å². The van der Waals surface area contributed by atoms with E-state index in [2.05, 4.69) is 22.5 Å². The fourth-order valence-electron chi connectivity index (χ4n) is 4.27. The van der Waals surface area contributed by atoms with Crippen molar-refractivity contribution in [1.82, 2.24) is 4.90 Å². The smallest absolute Gasteiger partial charge is 0.257 e. The molecule has 7 heteroatoms. The van der Waals surface area contributed by atoms with Crippen LogP contribution in [0.15, 0.2) is 60.7 Å². The normalized spacial score (nSPS) is 15.2. The van der Waals surface area contributed by atoms with E-state index >= 15 is 0 Å². The molecule has 2 aliphatic rings. The fraction of sp³-hybridized carbons (Fsp3) is 0.200. The van der Waals surface area contributed by atoms with Gasteiger partial charge in [0.2, 0.25) is 0 Å². The molecule has 32 heavy (non-hydrogen) atoms. The van der Waals surface area contributed by atoms with Crippen LogP contribution in [0.5, 0.6) is 0 Å². The van der Waals surface area contributed by atoms with E-state index in [0.29, 0.717) is 34.9 Å². The number of aryl methyl sites for hydroxylation is 1. The summed E-state index contributed by atoms with van der Waals surface area (Å²) in [7, 11) is 0. The highest BCUT2D eigenvalue weighted by Crippen LogP contribution is 2.33. The van der Waals surface area contributed by atoms with Crippen LogP contribution in [0.2, 0.25) is 5.02 Å². The van der Waals surface area contributed by atoms with E-state index in [1.54, 1.807) is 12.1 Å². The number of amides is 2. The van der Waals surface area contributed by atoms with Gasteiger partial charge in [-0.3, -0.25) is 9.59 Å². The van der Waals surface area contributed by atoms with E-state index in [4.69, 9.17) is 11.6 Å². The summed E-state index contributed by atoms with van der Waals surface area (Å²) in [5.41, 5.74) is 5.53. The van der Waals surface area contributed by atoms with Crippen molar-refractivity contribution in [3.63, 3.8) is 0 Å². The van der Waals surface area contributed by atoms with Crippen LogP contribution in [-0.2, 0) is 0 Å². The Bertz CT molecular complexity index is 1220. The van der Waals surface area contributed by atoms with Crippen LogP contribution in [-0.4, -0.2) is 42.9 Å². The van der Waals surface area contributed by atoms with Crippen LogP contribution in [0.25, 0.3) is 0 Å². The van der Waals surface area contributed by atoms with E-state index < -0.39 is 0 Å². The number of carbonyl (C=O) groups excluding carboxylic acids is 2. The first-order valence-electron chi connectivity index (χ1n) is 10.6. The van der Waals surface area contributed by atoms with Crippen molar-refractivity contribution in [2.24, 2.45) is 0 Å². The number of fused-ring (bicyclic) bond motifs is 2. The molecule has 2 heterocycles. The lowest BCUT2D eigenvalue weighted by molar-refractivity contribution is 0.0746. The minimum Gasteiger partial charge on any atom is -0.368 e. The summed E-state index contributed by atoms with van der Waals surface area (Å²) >= 11 is 6.18. The number of rotatable bonds is 2. The Morgan fingerprint density at radius 1 is 0.875 bits per heavy atom. The number of benzene rings is 3. The number of piperazine rings is 1. The zero-order valence-electron chi connectivity index (χ0n) is 17.7. The summed E-state index contributed by atoms with van der Waals surface area (Å²) in [4.78, 5) is 29.9. The van der Waals surface area contributed by atoms with Crippen LogP contribution in [0, 0.1) is 6.92 Å². The minimum atomic E-state index is -0.193. The standard InChI is InChI=1S/C25H23ClN4O2/c1-16-6-8-18(26)15-23(16)29-10-12-30(13-11-29)25(32)17-7-9-21-22(14-17)28-24(31)19-4-2-3-5-20(19)27-21/h2-9,14-15,27H,10-13H2,1H3,(H,28,31). The first kappa shape index (κ1) is 20.4. The van der Waals surface area contributed by atoms with Gasteiger partial charge in [0, 0.05) is 42.5 Å². The molecule has 0 spiro atoms. The van der Waals surface area contributed by atoms with Crippen LogP contribution in [0.3, 0.4) is 0 Å². The first-order chi connectivity index (χ1) is 15.5. The molecule has 0 unspecified atom stereocenters. The number of nitrogens with one attached hydrogen (secondary N) is 2. The molecule has 1 saturated heterocycles. The fourth-order valence-corrected chi connectivity index (χ4v) is 4.44. The highest BCUT2D eigenvalue weighted by atomic mass is 35.5. The zero-order valence-corrected chi connectivity index (χ0v) is 18.4. The Hall–Kier alpha value is -3.51. The monoisotopic (exact) mass is 446 g/mol. The summed E-state index contributed by atoms with van der Waals surface area (Å²) < 4.78 is 0. The van der Waals surface area contributed by atoms with Gasteiger partial charge in [-0.2, -0.15) is 0 Å². The van der Waals surface area contributed by atoms with Crippen molar-refractivity contribution in [2.75, 3.05) is 41.7 Å². The van der Waals surface area contributed by atoms with Crippen molar-refractivity contribution >= 4 is 46.2 Å². The highest BCUT2D eigenvalue weighted by molar-refractivity contribution is 6.30. The third-order valence-corrected chi connectivity index (χ3v) is 6.27. The molecule has 5 rings (SSSR count). The summed E-state index contributed by atoms with van der Waals surface area (Å²) in [5.74, 6) is -0.228. The van der Waals surface area contributed by atoms with Gasteiger partial charge in [-0.25, -0.2) is 0 Å². The molecule has 2 aliphatic heterocycles. The molecule has 0 atom stereocenters. The lowest BCUT2D eigenvalue weighted by Gasteiger charge is -2.37. The van der Waals surface area contributed by atoms with Crippen molar-refractivity contribution in [1.29, 1.82) is 0 Å². The van der Waals surface area contributed by atoms with Crippen LogP contribution >= 0.6 is 11.6 Å². The summed E-state index contributed by atoms with van der Waals surface area (Å²) in [6, 6.07) is 18.6. The maximum absolute atomic E-state index is 13.2. The third-order valence-electron chi connectivity index (χ3n) is 6.03. The molecule has 0 aromatic heterocycles. The number of para-hydroxylation sites is 1. The minimum absolute atomic E-state index is 0.0359. The Balaban J connectivity index is 1.32. The van der Waals surface area contributed by atoms with Gasteiger partial charge in [0.15, 0.2) is 0 Å². The number of halogens is 1. The predicted molar refractivity (Wildman–Crippen MR) is 128 cm³/mol.